The standard InChI is InChI=1S/C27H36O4/c1-18-14-20(28)15-19-8-11-25(5,30-22(18)19)17-21-16-24(4)9-7-10-26(24,6)27(29-21)13-12-23(2,3)31-27/h12-16,28H,7-11,17H2,1-6H3/t24-,25+,26-,27-/m1/s1. The fraction of sp³-hybridized carbons (Fsp3) is 0.630. The van der Waals surface area contributed by atoms with Gasteiger partial charge in [-0.1, -0.05) is 26.3 Å². The summed E-state index contributed by atoms with van der Waals surface area (Å²) in [5, 5.41) is 9.96. The third kappa shape index (κ3) is 3.05. The number of allylic oxidation sites excluding steroid dienone is 1. The van der Waals surface area contributed by atoms with Gasteiger partial charge in [-0.25, -0.2) is 0 Å². The van der Waals surface area contributed by atoms with E-state index < -0.39 is 5.79 Å². The van der Waals surface area contributed by atoms with Gasteiger partial charge in [0.15, 0.2) is 0 Å². The van der Waals surface area contributed by atoms with Crippen molar-refractivity contribution in [1.29, 1.82) is 0 Å². The summed E-state index contributed by atoms with van der Waals surface area (Å²) >= 11 is 0. The Kier molecular flexibility index (Phi) is 4.26. The summed E-state index contributed by atoms with van der Waals surface area (Å²) in [4.78, 5) is 0. The van der Waals surface area contributed by atoms with Crippen molar-refractivity contribution in [3.63, 3.8) is 0 Å². The lowest BCUT2D eigenvalue weighted by molar-refractivity contribution is -0.293. The molecule has 4 aliphatic rings. The molecule has 168 valence electrons. The van der Waals surface area contributed by atoms with Crippen molar-refractivity contribution in [3.8, 4) is 11.5 Å². The highest BCUT2D eigenvalue weighted by Gasteiger charge is 2.66. The maximum absolute atomic E-state index is 9.96. The molecule has 5 rings (SSSR count). The SMILES string of the molecule is Cc1cc(O)cc2c1O[C@](C)(CC1=C[C@@]3(C)CCC[C@@]3(C)[C@]3(C=CC(C)(C)O3)O1)CC2. The van der Waals surface area contributed by atoms with Crippen LogP contribution in [0.3, 0.4) is 0 Å². The maximum Gasteiger partial charge on any atom is 0.236 e. The molecule has 0 unspecified atom stereocenters. The van der Waals surface area contributed by atoms with Gasteiger partial charge in [0.2, 0.25) is 5.79 Å². The van der Waals surface area contributed by atoms with Gasteiger partial charge in [-0.2, -0.15) is 0 Å². The molecule has 1 aliphatic carbocycles. The molecule has 0 amide bonds. The van der Waals surface area contributed by atoms with Crippen molar-refractivity contribution in [2.75, 3.05) is 0 Å². The fourth-order valence-electron chi connectivity index (χ4n) is 6.42. The zero-order chi connectivity index (χ0) is 22.3. The topological polar surface area (TPSA) is 47.9 Å². The Bertz CT molecular complexity index is 991. The molecule has 1 spiro atoms. The summed E-state index contributed by atoms with van der Waals surface area (Å²) in [6, 6.07) is 3.61. The highest BCUT2D eigenvalue weighted by Crippen LogP contribution is 2.66. The summed E-state index contributed by atoms with van der Waals surface area (Å²) in [6.07, 6.45) is 12.6. The second-order valence-corrected chi connectivity index (χ2v) is 11.5. The lowest BCUT2D eigenvalue weighted by atomic mass is 9.61. The van der Waals surface area contributed by atoms with Crippen LogP contribution in [0, 0.1) is 17.8 Å². The number of rotatable bonds is 2. The molecule has 31 heavy (non-hydrogen) atoms. The average Bonchev–Trinajstić information content (AvgIpc) is 3.13. The monoisotopic (exact) mass is 424 g/mol. The average molecular weight is 425 g/mol. The third-order valence-corrected chi connectivity index (χ3v) is 8.44. The zero-order valence-corrected chi connectivity index (χ0v) is 19.8. The first-order valence-electron chi connectivity index (χ1n) is 11.7. The smallest absolute Gasteiger partial charge is 0.236 e. The molecule has 3 aliphatic heterocycles. The van der Waals surface area contributed by atoms with Crippen molar-refractivity contribution in [2.45, 2.75) is 97.1 Å². The lowest BCUT2D eigenvalue weighted by Crippen LogP contribution is -2.57. The first-order chi connectivity index (χ1) is 14.4. The number of ether oxygens (including phenoxy) is 3. The highest BCUT2D eigenvalue weighted by atomic mass is 16.7. The number of benzene rings is 1. The van der Waals surface area contributed by atoms with Crippen molar-refractivity contribution in [1.82, 2.24) is 0 Å². The summed E-state index contributed by atoms with van der Waals surface area (Å²) in [6.45, 7) is 13.1. The molecule has 0 bridgehead atoms. The maximum atomic E-state index is 9.96. The molecule has 0 aromatic heterocycles. The molecule has 4 atom stereocenters. The van der Waals surface area contributed by atoms with Gasteiger partial charge < -0.3 is 19.3 Å². The zero-order valence-electron chi connectivity index (χ0n) is 19.8. The number of hydrogen-bond donors (Lipinski definition) is 1. The number of aryl methyl sites for hydroxylation is 2. The molecule has 1 aromatic rings. The van der Waals surface area contributed by atoms with E-state index in [1.54, 1.807) is 6.07 Å². The van der Waals surface area contributed by atoms with Crippen LogP contribution in [0.15, 0.2) is 36.1 Å². The largest absolute Gasteiger partial charge is 0.508 e. The van der Waals surface area contributed by atoms with Gasteiger partial charge in [0.05, 0.1) is 5.60 Å². The Morgan fingerprint density at radius 3 is 2.45 bits per heavy atom. The van der Waals surface area contributed by atoms with Crippen LogP contribution < -0.4 is 4.74 Å². The van der Waals surface area contributed by atoms with E-state index in [0.29, 0.717) is 12.2 Å². The molecule has 0 saturated heterocycles. The van der Waals surface area contributed by atoms with E-state index in [2.05, 4.69) is 52.8 Å². The van der Waals surface area contributed by atoms with E-state index >= 15 is 0 Å². The van der Waals surface area contributed by atoms with Crippen LogP contribution in [0.4, 0.5) is 0 Å². The summed E-state index contributed by atoms with van der Waals surface area (Å²) < 4.78 is 20.0. The van der Waals surface area contributed by atoms with Gasteiger partial charge in [0.1, 0.15) is 22.9 Å². The molecule has 3 heterocycles. The molecule has 1 N–H and O–H groups in total. The Morgan fingerprint density at radius 1 is 0.968 bits per heavy atom. The number of phenols is 1. The second kappa shape index (κ2) is 6.31. The van der Waals surface area contributed by atoms with E-state index in [0.717, 1.165) is 48.3 Å². The van der Waals surface area contributed by atoms with E-state index in [4.69, 9.17) is 14.2 Å². The molecule has 4 nitrogen and oxygen atoms in total. The van der Waals surface area contributed by atoms with Gasteiger partial charge in [-0.15, -0.1) is 0 Å². The minimum absolute atomic E-state index is 0.0238. The summed E-state index contributed by atoms with van der Waals surface area (Å²) in [7, 11) is 0. The normalized spacial score (nSPS) is 40.1. The Labute approximate surface area is 186 Å². The Balaban J connectivity index is 1.48. The molecule has 4 heteroatoms. The molecule has 1 aromatic carbocycles. The quantitative estimate of drug-likeness (QED) is 0.562. The Morgan fingerprint density at radius 2 is 1.74 bits per heavy atom. The predicted octanol–water partition coefficient (Wildman–Crippen LogP) is 6.35. The fourth-order valence-corrected chi connectivity index (χ4v) is 6.42. The number of phenolic OH excluding ortho intramolecular Hbond substituents is 1. The van der Waals surface area contributed by atoms with Crippen molar-refractivity contribution in [3.05, 3.63) is 47.2 Å². The van der Waals surface area contributed by atoms with E-state index in [-0.39, 0.29) is 22.0 Å². The van der Waals surface area contributed by atoms with Crippen LogP contribution in [0.1, 0.15) is 77.8 Å². The minimum atomic E-state index is -0.726. The minimum Gasteiger partial charge on any atom is -0.508 e. The number of aromatic hydroxyl groups is 1. The van der Waals surface area contributed by atoms with Gasteiger partial charge in [-0.3, -0.25) is 0 Å². The van der Waals surface area contributed by atoms with E-state index in [1.165, 1.54) is 6.42 Å². The number of hydrogen-bond acceptors (Lipinski definition) is 4. The molecule has 1 saturated carbocycles. The van der Waals surface area contributed by atoms with Crippen molar-refractivity contribution >= 4 is 0 Å². The molecule has 0 radical (unpaired) electrons. The molecule has 1 fully saturated rings. The van der Waals surface area contributed by atoms with Crippen LogP contribution in [-0.2, 0) is 15.9 Å². The second-order valence-electron chi connectivity index (χ2n) is 11.5. The van der Waals surface area contributed by atoms with Gasteiger partial charge >= 0.3 is 0 Å². The third-order valence-electron chi connectivity index (χ3n) is 8.44. The van der Waals surface area contributed by atoms with Crippen LogP contribution in [0.2, 0.25) is 0 Å². The van der Waals surface area contributed by atoms with Gasteiger partial charge in [-0.05, 0) is 88.8 Å². The molecular weight excluding hydrogens is 388 g/mol. The van der Waals surface area contributed by atoms with Crippen molar-refractivity contribution in [2.24, 2.45) is 10.8 Å². The molecular formula is C27H36O4. The highest BCUT2D eigenvalue weighted by molar-refractivity contribution is 5.48. The first kappa shape index (κ1) is 20.9. The summed E-state index contributed by atoms with van der Waals surface area (Å²) in [5.41, 5.74) is 1.30. The van der Waals surface area contributed by atoms with Crippen LogP contribution in [0.5, 0.6) is 11.5 Å². The van der Waals surface area contributed by atoms with Crippen LogP contribution in [-0.4, -0.2) is 22.1 Å². The lowest BCUT2D eigenvalue weighted by Gasteiger charge is -2.55. The predicted molar refractivity (Wildman–Crippen MR) is 121 cm³/mol. The van der Waals surface area contributed by atoms with Gasteiger partial charge in [0, 0.05) is 17.3 Å². The summed E-state index contributed by atoms with van der Waals surface area (Å²) in [5.74, 6) is 1.47. The van der Waals surface area contributed by atoms with Gasteiger partial charge in [0.25, 0.3) is 0 Å². The van der Waals surface area contributed by atoms with Crippen LogP contribution in [0.25, 0.3) is 0 Å². The van der Waals surface area contributed by atoms with Crippen LogP contribution >= 0.6 is 0 Å². The van der Waals surface area contributed by atoms with E-state index in [1.807, 2.05) is 13.0 Å². The Hall–Kier alpha value is -1.94. The first-order valence-corrected chi connectivity index (χ1v) is 11.7. The van der Waals surface area contributed by atoms with E-state index in [9.17, 15) is 5.11 Å². The van der Waals surface area contributed by atoms with Crippen molar-refractivity contribution < 1.29 is 19.3 Å². The number of fused-ring (bicyclic) bond motifs is 3.